The number of rotatable bonds is 8. The lowest BCUT2D eigenvalue weighted by Gasteiger charge is -2.60. The summed E-state index contributed by atoms with van der Waals surface area (Å²) in [7, 11) is -1.96. The van der Waals surface area contributed by atoms with E-state index in [1.165, 1.54) is 103 Å². The van der Waals surface area contributed by atoms with E-state index in [1.54, 1.807) is 0 Å². The zero-order valence-corrected chi connectivity index (χ0v) is 59.4. The first-order valence-electron chi connectivity index (χ1n) is 32.8. The second-order valence-corrected chi connectivity index (χ2v) is 38.4. The number of hydrogen-bond acceptors (Lipinski definition) is 4. The van der Waals surface area contributed by atoms with Gasteiger partial charge in [-0.15, -0.1) is 11.3 Å². The molecule has 6 heteroatoms. The summed E-state index contributed by atoms with van der Waals surface area (Å²) in [6.45, 7) is 50.0. The highest BCUT2D eigenvalue weighted by Gasteiger charge is 2.52. The third-order valence-electron chi connectivity index (χ3n) is 19.2. The van der Waals surface area contributed by atoms with Crippen molar-refractivity contribution in [3.05, 3.63) is 228 Å². The van der Waals surface area contributed by atoms with Gasteiger partial charge in [-0.25, -0.2) is 0 Å². The Balaban J connectivity index is 1.27. The highest BCUT2D eigenvalue weighted by atomic mass is 32.3. The van der Waals surface area contributed by atoms with Gasteiger partial charge in [-0.1, -0.05) is 249 Å². The number of hydrogen-bond donors (Lipinski definition) is 0. The van der Waals surface area contributed by atoms with Crippen LogP contribution in [0.2, 0.25) is 0 Å². The summed E-state index contributed by atoms with van der Waals surface area (Å²) >= 11 is 1.99. The van der Waals surface area contributed by atoms with E-state index in [4.69, 9.17) is 0 Å². The summed E-state index contributed by atoms with van der Waals surface area (Å²) in [5.74, 6) is 0. The molecule has 1 aromatic heterocycles. The molecule has 0 amide bonds. The van der Waals surface area contributed by atoms with Crippen molar-refractivity contribution >= 4 is 105 Å². The number of thiophene rings is 1. The van der Waals surface area contributed by atoms with Gasteiger partial charge in [0.05, 0.1) is 11.4 Å². The zero-order valence-electron chi connectivity index (χ0n) is 57.8. The molecule has 10 aromatic rings. The van der Waals surface area contributed by atoms with Crippen molar-refractivity contribution in [1.82, 2.24) is 0 Å². The van der Waals surface area contributed by atoms with Crippen LogP contribution in [0.5, 0.6) is 0 Å². The quantitative estimate of drug-likeness (QED) is 0.140. The maximum absolute atomic E-state index is 2.76. The minimum Gasteiger partial charge on any atom is -0.311 e. The molecule has 3 nitrogen and oxygen atoms in total. The monoisotopic (exact) mass is 1220 g/mol. The first kappa shape index (κ1) is 62.9. The van der Waals surface area contributed by atoms with Crippen LogP contribution in [0.3, 0.4) is 0 Å². The Hall–Kier alpha value is -7.25. The second-order valence-electron chi connectivity index (χ2n) is 32.7. The average Bonchev–Trinajstić information content (AvgIpc) is 1.12. The van der Waals surface area contributed by atoms with E-state index in [0.717, 1.165) is 22.7 Å². The van der Waals surface area contributed by atoms with E-state index in [-0.39, 0.29) is 43.3 Å². The van der Waals surface area contributed by atoms with Gasteiger partial charge in [0.15, 0.2) is 0 Å². The number of benzene rings is 9. The summed E-state index contributed by atoms with van der Waals surface area (Å²) in [4.78, 5) is 10.7. The van der Waals surface area contributed by atoms with Crippen LogP contribution >= 0.6 is 21.4 Å². The minimum absolute atomic E-state index is 0.00575. The number of anilines is 9. The van der Waals surface area contributed by atoms with E-state index < -0.39 is 10.0 Å². The molecule has 0 saturated carbocycles. The molecule has 0 saturated heterocycles. The van der Waals surface area contributed by atoms with Gasteiger partial charge in [-0.05, 0) is 188 Å². The standard InChI is InChI=1S/C84H96BN3S2/c1-78(2,3)56-32-40-61(41-33-56)86(62-42-34-57(35-43-62)79(4,5)6)64-46-47-69-71(52-64)87(63-44-36-58(37-45-63)80(7,8)9)72-53-66(90(83(16,17)18,84(19,20)21)65-30-26-23-27-31-65)54-73-75(72)85(69)77-76(68-51-60(82(13,14)15)39-49-74(68)89-77)88(73)70-48-38-59(81(10,11)12)50-67(70)55-28-24-22-25-29-55/h22-54H,1-21H3. The van der Waals surface area contributed by atoms with E-state index >= 15 is 0 Å². The van der Waals surface area contributed by atoms with Crippen molar-refractivity contribution in [3.8, 4) is 11.1 Å². The fourth-order valence-corrected chi connectivity index (χ4v) is 22.0. The molecule has 0 aliphatic carbocycles. The zero-order chi connectivity index (χ0) is 64.6. The summed E-state index contributed by atoms with van der Waals surface area (Å²) in [6, 6.07) is 78.7. The molecule has 2 aliphatic rings. The Morgan fingerprint density at radius 3 is 1.31 bits per heavy atom. The van der Waals surface area contributed by atoms with Crippen molar-refractivity contribution in [3.63, 3.8) is 0 Å². The van der Waals surface area contributed by atoms with E-state index in [2.05, 4.69) is 360 Å². The minimum atomic E-state index is -1.96. The van der Waals surface area contributed by atoms with Crippen LogP contribution in [0.1, 0.15) is 173 Å². The Kier molecular flexibility index (Phi) is 15.4. The fourth-order valence-electron chi connectivity index (χ4n) is 14.7. The smallest absolute Gasteiger partial charge is 0.264 e. The molecule has 0 atom stereocenters. The molecule has 2 aliphatic heterocycles. The molecule has 12 rings (SSSR count). The van der Waals surface area contributed by atoms with Crippen LogP contribution in [0.25, 0.3) is 21.2 Å². The third-order valence-corrected chi connectivity index (χ3v) is 26.0. The van der Waals surface area contributed by atoms with Gasteiger partial charge in [-0.3, -0.25) is 0 Å². The average molecular weight is 1220 g/mol. The lowest BCUT2D eigenvalue weighted by Crippen LogP contribution is -2.60. The van der Waals surface area contributed by atoms with Crippen molar-refractivity contribution < 1.29 is 0 Å². The van der Waals surface area contributed by atoms with Gasteiger partial charge in [-0.2, -0.15) is 10.0 Å². The Morgan fingerprint density at radius 1 is 0.367 bits per heavy atom. The lowest BCUT2D eigenvalue weighted by molar-refractivity contribution is 0.590. The molecule has 3 heterocycles. The number of fused-ring (bicyclic) bond motifs is 6. The Bertz CT molecular complexity index is 4240. The van der Waals surface area contributed by atoms with Crippen LogP contribution in [0.4, 0.5) is 51.2 Å². The van der Waals surface area contributed by atoms with Gasteiger partial charge in [0.2, 0.25) is 0 Å². The molecular weight excluding hydrogens is 1130 g/mol. The van der Waals surface area contributed by atoms with E-state index in [9.17, 15) is 0 Å². The molecule has 0 spiro atoms. The number of nitrogens with zero attached hydrogens (tertiary/aromatic N) is 3. The van der Waals surface area contributed by atoms with Gasteiger partial charge in [0.25, 0.3) is 6.71 Å². The van der Waals surface area contributed by atoms with Crippen LogP contribution < -0.4 is 30.4 Å². The maximum atomic E-state index is 2.76. The van der Waals surface area contributed by atoms with E-state index in [1.807, 2.05) is 11.3 Å². The molecule has 0 unspecified atom stereocenters. The van der Waals surface area contributed by atoms with E-state index in [0.29, 0.717) is 0 Å². The molecule has 462 valence electrons. The first-order chi connectivity index (χ1) is 42.1. The van der Waals surface area contributed by atoms with Gasteiger partial charge in [0.1, 0.15) is 0 Å². The molecule has 90 heavy (non-hydrogen) atoms. The normalized spacial score (nSPS) is 14.2. The molecule has 9 aromatic carbocycles. The molecule has 0 N–H and O–H groups in total. The molecular formula is C84H96BN3S2. The van der Waals surface area contributed by atoms with Crippen LogP contribution in [-0.4, -0.2) is 16.2 Å². The predicted octanol–water partition coefficient (Wildman–Crippen LogP) is 23.4. The third kappa shape index (κ3) is 10.8. The summed E-state index contributed by atoms with van der Waals surface area (Å²) in [5.41, 5.74) is 22.1. The Labute approximate surface area is 547 Å². The second kappa shape index (κ2) is 22.0. The van der Waals surface area contributed by atoms with Crippen molar-refractivity contribution in [2.24, 2.45) is 0 Å². The predicted molar refractivity (Wildman–Crippen MR) is 400 cm³/mol. The highest BCUT2D eigenvalue weighted by molar-refractivity contribution is 8.35. The van der Waals surface area contributed by atoms with Crippen molar-refractivity contribution in [1.29, 1.82) is 0 Å². The largest absolute Gasteiger partial charge is 0.311 e. The summed E-state index contributed by atoms with van der Waals surface area (Å²) in [5, 5.41) is 1.30. The maximum Gasteiger partial charge on any atom is 0.264 e. The molecule has 0 fully saturated rings. The fraction of sp³-hybridized carbons (Fsp3) is 0.333. The summed E-state index contributed by atoms with van der Waals surface area (Å²) < 4.78 is 2.29. The molecule has 0 radical (unpaired) electrons. The van der Waals surface area contributed by atoms with Crippen LogP contribution in [0, 0.1) is 0 Å². The lowest BCUT2D eigenvalue weighted by atomic mass is 9.36. The van der Waals surface area contributed by atoms with Crippen molar-refractivity contribution in [2.45, 2.75) is 192 Å². The van der Waals surface area contributed by atoms with Crippen molar-refractivity contribution in [2.75, 3.05) is 14.7 Å². The SMILES string of the molecule is CC(C)(C)c1ccc(N(c2ccc(C(C)(C)C)cc2)c2ccc3c(c2)N(c2ccc(C(C)(C)C)cc2)c2cc(S(c4ccccc4)(C(C)(C)C)C(C)(C)C)cc4c2B3c2sc3ccc(C(C)(C)C)cc3c2N4c2ccc(C(C)(C)C)cc2-c2ccccc2)cc1. The Morgan fingerprint density at radius 2 is 0.811 bits per heavy atom. The van der Waals surface area contributed by atoms with Gasteiger partial charge < -0.3 is 14.7 Å². The first-order valence-corrected chi connectivity index (χ1v) is 35.2. The van der Waals surface area contributed by atoms with Gasteiger partial charge in [0, 0.05) is 60.2 Å². The summed E-state index contributed by atoms with van der Waals surface area (Å²) in [6.07, 6.45) is 0. The highest BCUT2D eigenvalue weighted by Crippen LogP contribution is 2.78. The van der Waals surface area contributed by atoms with Gasteiger partial charge >= 0.3 is 0 Å². The van der Waals surface area contributed by atoms with Crippen LogP contribution in [-0.2, 0) is 27.1 Å². The molecule has 0 bridgehead atoms. The van der Waals surface area contributed by atoms with Crippen LogP contribution in [0.15, 0.2) is 210 Å². The topological polar surface area (TPSA) is 9.72 Å².